The van der Waals surface area contributed by atoms with E-state index < -0.39 is 0 Å². The highest BCUT2D eigenvalue weighted by Crippen LogP contribution is 2.23. The van der Waals surface area contributed by atoms with Gasteiger partial charge in [-0.25, -0.2) is 0 Å². The predicted octanol–water partition coefficient (Wildman–Crippen LogP) is 2.58. The highest BCUT2D eigenvalue weighted by molar-refractivity contribution is 7.10. The SMILES string of the molecule is CCc1ccc(C2=NN=CC2=Cc2sc(=O)[nH]c2O)cc1. The molecule has 106 valence electrons. The Bertz CT molecular complexity index is 810. The fourth-order valence-corrected chi connectivity index (χ4v) is 2.75. The van der Waals surface area contributed by atoms with Gasteiger partial charge in [0, 0.05) is 11.1 Å². The molecule has 0 aliphatic carbocycles. The average Bonchev–Trinajstić information content (AvgIpc) is 3.06. The van der Waals surface area contributed by atoms with Crippen molar-refractivity contribution >= 4 is 29.3 Å². The number of hydrogen-bond acceptors (Lipinski definition) is 5. The van der Waals surface area contributed by atoms with Crippen LogP contribution >= 0.6 is 11.3 Å². The first-order valence-electron chi connectivity index (χ1n) is 6.52. The van der Waals surface area contributed by atoms with Crippen molar-refractivity contribution in [2.45, 2.75) is 13.3 Å². The van der Waals surface area contributed by atoms with Crippen molar-refractivity contribution in [1.29, 1.82) is 0 Å². The fourth-order valence-electron chi connectivity index (χ4n) is 2.07. The van der Waals surface area contributed by atoms with Crippen LogP contribution in [0, 0.1) is 0 Å². The van der Waals surface area contributed by atoms with Gasteiger partial charge in [-0.1, -0.05) is 42.5 Å². The van der Waals surface area contributed by atoms with E-state index in [-0.39, 0.29) is 10.8 Å². The molecule has 0 saturated heterocycles. The zero-order valence-corrected chi connectivity index (χ0v) is 12.1. The second kappa shape index (κ2) is 5.49. The summed E-state index contributed by atoms with van der Waals surface area (Å²) in [4.78, 5) is 13.7. The van der Waals surface area contributed by atoms with Gasteiger partial charge in [-0.05, 0) is 18.1 Å². The van der Waals surface area contributed by atoms with E-state index in [1.807, 2.05) is 12.1 Å². The van der Waals surface area contributed by atoms with Gasteiger partial charge < -0.3 is 5.11 Å². The molecule has 21 heavy (non-hydrogen) atoms. The molecule has 1 aliphatic rings. The standard InChI is InChI=1S/C15H13N3O2S/c1-2-9-3-5-10(6-4-9)13-11(8-16-18-13)7-12-14(19)17-15(20)21-12/h3-8,19H,2H2,1H3,(H,17,20). The van der Waals surface area contributed by atoms with Gasteiger partial charge in [-0.15, -0.1) is 5.10 Å². The number of allylic oxidation sites excluding steroid dienone is 1. The maximum Gasteiger partial charge on any atom is 0.307 e. The van der Waals surface area contributed by atoms with Crippen LogP contribution in [0.5, 0.6) is 5.88 Å². The fraction of sp³-hybridized carbons (Fsp3) is 0.133. The number of nitrogens with one attached hydrogen (secondary N) is 1. The van der Waals surface area contributed by atoms with E-state index >= 15 is 0 Å². The van der Waals surface area contributed by atoms with Crippen molar-refractivity contribution < 1.29 is 5.11 Å². The van der Waals surface area contributed by atoms with Gasteiger partial charge in [-0.3, -0.25) is 9.78 Å². The van der Waals surface area contributed by atoms with Crippen LogP contribution in [-0.2, 0) is 6.42 Å². The maximum atomic E-state index is 11.2. The topological polar surface area (TPSA) is 77.8 Å². The van der Waals surface area contributed by atoms with E-state index in [0.29, 0.717) is 4.88 Å². The third kappa shape index (κ3) is 2.71. The third-order valence-corrected chi connectivity index (χ3v) is 4.03. The smallest absolute Gasteiger partial charge is 0.307 e. The largest absolute Gasteiger partial charge is 0.493 e. The average molecular weight is 299 g/mol. The Morgan fingerprint density at radius 1 is 1.33 bits per heavy atom. The minimum Gasteiger partial charge on any atom is -0.493 e. The number of nitrogens with zero attached hydrogens (tertiary/aromatic N) is 2. The molecule has 0 radical (unpaired) electrons. The summed E-state index contributed by atoms with van der Waals surface area (Å²) in [7, 11) is 0. The van der Waals surface area contributed by atoms with Gasteiger partial charge in [0.2, 0.25) is 5.88 Å². The lowest BCUT2D eigenvalue weighted by molar-refractivity contribution is 0.455. The molecule has 0 bridgehead atoms. The molecular weight excluding hydrogens is 286 g/mol. The normalized spacial score (nSPS) is 15.7. The van der Waals surface area contributed by atoms with Gasteiger partial charge in [0.05, 0.1) is 11.1 Å². The Kier molecular flexibility index (Phi) is 3.53. The molecule has 1 aromatic heterocycles. The highest BCUT2D eigenvalue weighted by atomic mass is 32.1. The van der Waals surface area contributed by atoms with E-state index in [0.717, 1.165) is 34.6 Å². The maximum absolute atomic E-state index is 11.2. The van der Waals surface area contributed by atoms with Crippen LogP contribution in [0.1, 0.15) is 22.9 Å². The molecule has 0 saturated carbocycles. The summed E-state index contributed by atoms with van der Waals surface area (Å²) in [6.45, 7) is 2.10. The quantitative estimate of drug-likeness (QED) is 0.913. The number of thiazole rings is 1. The zero-order valence-electron chi connectivity index (χ0n) is 11.3. The first kappa shape index (κ1) is 13.5. The van der Waals surface area contributed by atoms with Crippen molar-refractivity contribution in [1.82, 2.24) is 4.98 Å². The Morgan fingerprint density at radius 3 is 2.71 bits per heavy atom. The molecule has 1 aromatic carbocycles. The van der Waals surface area contributed by atoms with Crippen molar-refractivity contribution in [2.75, 3.05) is 0 Å². The third-order valence-electron chi connectivity index (χ3n) is 3.21. The summed E-state index contributed by atoms with van der Waals surface area (Å²) in [5.74, 6) is -0.126. The van der Waals surface area contributed by atoms with Gasteiger partial charge >= 0.3 is 4.87 Å². The molecule has 0 atom stereocenters. The minimum atomic E-state index is -0.292. The monoisotopic (exact) mass is 299 g/mol. The van der Waals surface area contributed by atoms with Gasteiger partial charge in [0.25, 0.3) is 0 Å². The number of aryl methyl sites for hydroxylation is 1. The molecule has 0 spiro atoms. The molecule has 0 fully saturated rings. The van der Waals surface area contributed by atoms with Crippen molar-refractivity contribution in [2.24, 2.45) is 10.2 Å². The van der Waals surface area contributed by atoms with Crippen LogP contribution in [0.15, 0.2) is 44.8 Å². The lowest BCUT2D eigenvalue weighted by Crippen LogP contribution is -2.02. The Labute approximate surface area is 125 Å². The van der Waals surface area contributed by atoms with Crippen LogP contribution in [0.3, 0.4) is 0 Å². The number of H-pyrrole nitrogens is 1. The molecule has 2 N–H and O–H groups in total. The summed E-state index contributed by atoms with van der Waals surface area (Å²) in [5, 5.41) is 17.7. The van der Waals surface area contributed by atoms with Gasteiger partial charge in [0.15, 0.2) is 0 Å². The lowest BCUT2D eigenvalue weighted by atomic mass is 10.0. The first-order valence-corrected chi connectivity index (χ1v) is 7.33. The minimum absolute atomic E-state index is 0.126. The second-order valence-corrected chi connectivity index (χ2v) is 5.59. The summed E-state index contributed by atoms with van der Waals surface area (Å²) in [6.07, 6.45) is 4.31. The van der Waals surface area contributed by atoms with Crippen LogP contribution in [0.25, 0.3) is 6.08 Å². The summed E-state index contributed by atoms with van der Waals surface area (Å²) in [5.41, 5.74) is 3.71. The number of hydrogen-bond donors (Lipinski definition) is 2. The van der Waals surface area contributed by atoms with Crippen LogP contribution in [0.4, 0.5) is 0 Å². The van der Waals surface area contributed by atoms with E-state index in [1.165, 1.54) is 5.56 Å². The predicted molar refractivity (Wildman–Crippen MR) is 85.4 cm³/mol. The summed E-state index contributed by atoms with van der Waals surface area (Å²) >= 11 is 0.950. The van der Waals surface area contributed by atoms with Gasteiger partial charge in [0.1, 0.15) is 5.71 Å². The Hall–Kier alpha value is -2.47. The van der Waals surface area contributed by atoms with Crippen molar-refractivity contribution in [3.63, 3.8) is 0 Å². The number of aromatic nitrogens is 1. The van der Waals surface area contributed by atoms with E-state index in [4.69, 9.17) is 0 Å². The molecular formula is C15H13N3O2S. The molecule has 2 aromatic rings. The number of benzene rings is 1. The van der Waals surface area contributed by atoms with Crippen molar-refractivity contribution in [3.8, 4) is 5.88 Å². The number of aromatic hydroxyl groups is 1. The number of rotatable bonds is 3. The summed E-state index contributed by atoms with van der Waals surface area (Å²) < 4.78 is 0. The van der Waals surface area contributed by atoms with Crippen LogP contribution in [-0.4, -0.2) is 22.0 Å². The molecule has 0 amide bonds. The Morgan fingerprint density at radius 2 is 2.10 bits per heavy atom. The first-order chi connectivity index (χ1) is 10.2. The van der Waals surface area contributed by atoms with E-state index in [9.17, 15) is 9.90 Å². The highest BCUT2D eigenvalue weighted by Gasteiger charge is 2.15. The van der Waals surface area contributed by atoms with E-state index in [1.54, 1.807) is 12.3 Å². The molecule has 1 aliphatic heterocycles. The van der Waals surface area contributed by atoms with Crippen LogP contribution < -0.4 is 4.87 Å². The Balaban J connectivity index is 1.96. The number of aromatic amines is 1. The van der Waals surface area contributed by atoms with E-state index in [2.05, 4.69) is 34.2 Å². The molecule has 6 heteroatoms. The lowest BCUT2D eigenvalue weighted by Gasteiger charge is -2.03. The zero-order chi connectivity index (χ0) is 14.8. The molecule has 2 heterocycles. The van der Waals surface area contributed by atoms with Crippen molar-refractivity contribution in [3.05, 3.63) is 55.5 Å². The summed E-state index contributed by atoms with van der Waals surface area (Å²) in [6, 6.07) is 8.11. The molecule has 0 unspecified atom stereocenters. The van der Waals surface area contributed by atoms with Crippen LogP contribution in [0.2, 0.25) is 0 Å². The molecule has 5 nitrogen and oxygen atoms in total. The second-order valence-electron chi connectivity index (χ2n) is 4.57. The molecule has 3 rings (SSSR count). The van der Waals surface area contributed by atoms with Gasteiger partial charge in [-0.2, -0.15) is 5.10 Å².